The van der Waals surface area contributed by atoms with Crippen molar-refractivity contribution < 1.29 is 18.3 Å². The van der Waals surface area contributed by atoms with E-state index in [4.69, 9.17) is 4.98 Å². The van der Waals surface area contributed by atoms with Crippen LogP contribution >= 0.6 is 11.3 Å². The highest BCUT2D eigenvalue weighted by Gasteiger charge is 2.18. The molecule has 0 saturated heterocycles. The molecule has 0 spiro atoms. The molecule has 37 heavy (non-hydrogen) atoms. The summed E-state index contributed by atoms with van der Waals surface area (Å²) in [5.41, 5.74) is 3.00. The number of aromatic nitrogens is 1. The average Bonchev–Trinajstić information content (AvgIpc) is 3.26. The predicted molar refractivity (Wildman–Crippen MR) is 155 cm³/mol. The number of nitrogens with one attached hydrogen (secondary N) is 1. The second-order valence-electron chi connectivity index (χ2n) is 7.82. The fraction of sp³-hybridized carbons (Fsp3) is 0.357. The monoisotopic (exact) mass is 543 g/mol. The first-order chi connectivity index (χ1) is 17.7. The molecule has 0 radical (unpaired) electrons. The van der Waals surface area contributed by atoms with Gasteiger partial charge in [-0.2, -0.15) is 0 Å². The van der Waals surface area contributed by atoms with Gasteiger partial charge in [0.1, 0.15) is 5.01 Å². The Labute approximate surface area is 225 Å². The molecule has 0 fully saturated rings. The van der Waals surface area contributed by atoms with Gasteiger partial charge in [-0.05, 0) is 58.0 Å². The van der Waals surface area contributed by atoms with Gasteiger partial charge >= 0.3 is 5.97 Å². The van der Waals surface area contributed by atoms with Gasteiger partial charge in [0.25, 0.3) is 0 Å². The zero-order valence-electron chi connectivity index (χ0n) is 22.2. The van der Waals surface area contributed by atoms with E-state index in [-0.39, 0.29) is 23.4 Å². The van der Waals surface area contributed by atoms with Crippen LogP contribution in [0.5, 0.6) is 0 Å². The molecule has 0 aliphatic heterocycles. The molecule has 0 aliphatic rings. The normalized spacial score (nSPS) is 12.3. The van der Waals surface area contributed by atoms with Gasteiger partial charge in [0.05, 0.1) is 10.6 Å². The second kappa shape index (κ2) is 15.8. The van der Waals surface area contributed by atoms with E-state index in [0.717, 1.165) is 39.8 Å². The maximum Gasteiger partial charge on any atom is 0.331 e. The first-order valence-electron chi connectivity index (χ1n) is 12.1. The van der Waals surface area contributed by atoms with Gasteiger partial charge in [0.2, 0.25) is 10.0 Å². The van der Waals surface area contributed by atoms with Crippen molar-refractivity contribution in [2.24, 2.45) is 0 Å². The molecule has 0 atom stereocenters. The van der Waals surface area contributed by atoms with Crippen LogP contribution in [0, 0.1) is 19.8 Å². The first kappa shape index (κ1) is 31.8. The van der Waals surface area contributed by atoms with Crippen molar-refractivity contribution in [2.75, 3.05) is 18.0 Å². The number of rotatable bonds is 13. The summed E-state index contributed by atoms with van der Waals surface area (Å²) in [7, 11) is -3.83. The minimum Gasteiger partial charge on any atom is -0.478 e. The number of aryl methyl sites for hydroxylation is 1. The Hall–Kier alpha value is -3.19. The van der Waals surface area contributed by atoms with E-state index in [2.05, 4.69) is 60.7 Å². The van der Waals surface area contributed by atoms with E-state index < -0.39 is 16.0 Å². The molecule has 0 aliphatic carbocycles. The highest BCUT2D eigenvalue weighted by atomic mass is 32.2. The Balaban J connectivity index is 0.00000334. The molecular weight excluding hydrogens is 506 g/mol. The molecule has 1 aromatic carbocycles. The highest BCUT2D eigenvalue weighted by molar-refractivity contribution is 7.93. The van der Waals surface area contributed by atoms with Crippen molar-refractivity contribution in [1.29, 1.82) is 0 Å². The summed E-state index contributed by atoms with van der Waals surface area (Å²) in [5, 5.41) is 10.1. The number of sulfonamides is 1. The van der Waals surface area contributed by atoms with Crippen molar-refractivity contribution in [1.82, 2.24) is 9.71 Å². The van der Waals surface area contributed by atoms with E-state index in [1.807, 2.05) is 19.1 Å². The Morgan fingerprint density at radius 3 is 2.51 bits per heavy atom. The smallest absolute Gasteiger partial charge is 0.331 e. The number of carboxylic acid groups (broad SMARTS) is 1. The maximum atomic E-state index is 12.7. The molecule has 9 heteroatoms. The molecule has 200 valence electrons. The van der Waals surface area contributed by atoms with Gasteiger partial charge in [-0.3, -0.25) is 0 Å². The van der Waals surface area contributed by atoms with Gasteiger partial charge in [0.15, 0.2) is 0 Å². The quantitative estimate of drug-likeness (QED) is 0.185. The van der Waals surface area contributed by atoms with E-state index in [0.29, 0.717) is 6.42 Å². The van der Waals surface area contributed by atoms with Crippen LogP contribution in [0.15, 0.2) is 59.2 Å². The number of carbonyl (C=O) groups is 1. The van der Waals surface area contributed by atoms with Gasteiger partial charge in [-0.1, -0.05) is 38.1 Å². The molecule has 0 saturated carbocycles. The molecule has 0 bridgehead atoms. The van der Waals surface area contributed by atoms with E-state index in [9.17, 15) is 18.3 Å². The standard InChI is InChI=1S/C26H35N3O4S2.C2H2/c1-6-10-16-29(9-4)22-13-11-12-21(17-22)25-28-24(19(5)34-25)14-15-27-35(32,33)23(8-3)18-20(7-2)26(30)31;1-2/h8,10-13,16-18,27H,6-7,9,14-15H2,1-5H3,(H,30,31);1-2H/b16-10-,20-18+,23-8+;. The van der Waals surface area contributed by atoms with E-state index in [1.54, 1.807) is 25.2 Å². The number of nitrogens with zero attached hydrogens (tertiary/aromatic N) is 2. The van der Waals surface area contributed by atoms with Crippen molar-refractivity contribution in [3.63, 3.8) is 0 Å². The van der Waals surface area contributed by atoms with Gasteiger partial charge in [0, 0.05) is 41.2 Å². The lowest BCUT2D eigenvalue weighted by Crippen LogP contribution is -2.27. The zero-order valence-corrected chi connectivity index (χ0v) is 23.8. The van der Waals surface area contributed by atoms with Gasteiger partial charge in [-0.25, -0.2) is 22.9 Å². The predicted octanol–water partition coefficient (Wildman–Crippen LogP) is 5.90. The SMILES string of the molecule is C#C.C/C=C(\C=C(/CC)C(=O)O)S(=O)(=O)NCCc1nc(-c2cccc(N(/C=C\CC)CC)c2)sc1C. The molecule has 0 amide bonds. The Morgan fingerprint density at radius 1 is 1.24 bits per heavy atom. The van der Waals surface area contributed by atoms with Crippen LogP contribution in [0.4, 0.5) is 5.69 Å². The number of aliphatic carboxylic acids is 1. The minimum absolute atomic E-state index is 0.0394. The lowest BCUT2D eigenvalue weighted by atomic mass is 10.2. The molecule has 7 nitrogen and oxygen atoms in total. The fourth-order valence-corrected chi connectivity index (χ4v) is 5.50. The van der Waals surface area contributed by atoms with Crippen LogP contribution < -0.4 is 9.62 Å². The third-order valence-corrected chi connectivity index (χ3v) is 8.02. The van der Waals surface area contributed by atoms with Crippen LogP contribution in [0.2, 0.25) is 0 Å². The first-order valence-corrected chi connectivity index (χ1v) is 14.4. The number of terminal acetylenes is 1. The number of hydrogen-bond donors (Lipinski definition) is 2. The van der Waals surface area contributed by atoms with E-state index >= 15 is 0 Å². The highest BCUT2D eigenvalue weighted by Crippen LogP contribution is 2.30. The molecular formula is C28H37N3O4S2. The number of thiazole rings is 1. The molecule has 1 aromatic heterocycles. The third kappa shape index (κ3) is 9.32. The summed E-state index contributed by atoms with van der Waals surface area (Å²) in [5.74, 6) is -1.12. The summed E-state index contributed by atoms with van der Waals surface area (Å²) < 4.78 is 28.0. The van der Waals surface area contributed by atoms with Crippen LogP contribution in [0.1, 0.15) is 51.1 Å². The molecule has 2 aromatic rings. The van der Waals surface area contributed by atoms with Crippen LogP contribution in [-0.4, -0.2) is 37.6 Å². The number of benzene rings is 1. The fourth-order valence-electron chi connectivity index (χ4n) is 3.40. The second-order valence-corrected chi connectivity index (χ2v) is 10.8. The van der Waals surface area contributed by atoms with Crippen LogP contribution in [0.3, 0.4) is 0 Å². The summed E-state index contributed by atoms with van der Waals surface area (Å²) in [6.07, 6.45) is 16.5. The molecule has 2 N–H and O–H groups in total. The van der Waals surface area contributed by atoms with Crippen LogP contribution in [0.25, 0.3) is 10.6 Å². The molecule has 2 rings (SSSR count). The summed E-state index contributed by atoms with van der Waals surface area (Å²) >= 11 is 1.59. The van der Waals surface area contributed by atoms with E-state index in [1.165, 1.54) is 12.2 Å². The Bertz CT molecular complexity index is 1260. The summed E-state index contributed by atoms with van der Waals surface area (Å²) in [6.45, 7) is 10.5. The minimum atomic E-state index is -3.83. The summed E-state index contributed by atoms with van der Waals surface area (Å²) in [4.78, 5) is 19.2. The summed E-state index contributed by atoms with van der Waals surface area (Å²) in [6, 6.07) is 8.24. The molecule has 1 heterocycles. The van der Waals surface area contributed by atoms with Crippen molar-refractivity contribution in [3.8, 4) is 23.4 Å². The van der Waals surface area contributed by atoms with Crippen molar-refractivity contribution in [3.05, 3.63) is 69.7 Å². The maximum absolute atomic E-state index is 12.7. The van der Waals surface area contributed by atoms with Crippen molar-refractivity contribution in [2.45, 2.75) is 53.9 Å². The number of hydrogen-bond acceptors (Lipinski definition) is 6. The topological polar surface area (TPSA) is 99.6 Å². The number of allylic oxidation sites excluding steroid dienone is 3. The van der Waals surface area contributed by atoms with Gasteiger partial charge < -0.3 is 10.0 Å². The number of carboxylic acids is 1. The molecule has 0 unspecified atom stereocenters. The largest absolute Gasteiger partial charge is 0.478 e. The lowest BCUT2D eigenvalue weighted by molar-refractivity contribution is -0.132. The third-order valence-electron chi connectivity index (χ3n) is 5.40. The van der Waals surface area contributed by atoms with Crippen LogP contribution in [-0.2, 0) is 21.2 Å². The Kier molecular flexibility index (Phi) is 13.6. The average molecular weight is 544 g/mol. The van der Waals surface area contributed by atoms with Crippen molar-refractivity contribution >= 4 is 33.0 Å². The Morgan fingerprint density at radius 2 is 1.95 bits per heavy atom. The lowest BCUT2D eigenvalue weighted by Gasteiger charge is -2.18. The van der Waals surface area contributed by atoms with Gasteiger partial charge in [-0.15, -0.1) is 24.2 Å². The number of anilines is 1. The zero-order chi connectivity index (χ0) is 28.0.